The molecule has 19 nitrogen and oxygen atoms in total. The lowest BCUT2D eigenvalue weighted by atomic mass is 10.1. The summed E-state index contributed by atoms with van der Waals surface area (Å²) >= 11 is 1.52. The van der Waals surface area contributed by atoms with E-state index in [0.29, 0.717) is 30.2 Å². The Morgan fingerprint density at radius 2 is 1.09 bits per heavy atom. The molecule has 8 unspecified atom stereocenters. The molecular formula is C46H72N12O7S. The number of hydrogen-bond donors (Lipinski definition) is 4. The summed E-state index contributed by atoms with van der Waals surface area (Å²) in [6.45, 7) is 10.2. The number of amides is 4. The van der Waals surface area contributed by atoms with Crippen LogP contribution in [0, 0.1) is 0 Å². The molecule has 364 valence electrons. The van der Waals surface area contributed by atoms with Crippen molar-refractivity contribution in [2.75, 3.05) is 47.8 Å². The quantitative estimate of drug-likeness (QED) is 0.158. The van der Waals surface area contributed by atoms with E-state index in [2.05, 4.69) is 55.2 Å². The Kier molecular flexibility index (Phi) is 20.3. The third-order valence-electron chi connectivity index (χ3n) is 12.7. The molecule has 20 heteroatoms. The summed E-state index contributed by atoms with van der Waals surface area (Å²) in [6.07, 6.45) is 18.8. The van der Waals surface area contributed by atoms with Crippen molar-refractivity contribution >= 4 is 57.9 Å². The summed E-state index contributed by atoms with van der Waals surface area (Å²) in [5.41, 5.74) is 0. The first-order valence-corrected chi connectivity index (χ1v) is 24.4. The Labute approximate surface area is 393 Å². The van der Waals surface area contributed by atoms with Crippen molar-refractivity contribution in [2.24, 2.45) is 0 Å². The summed E-state index contributed by atoms with van der Waals surface area (Å²) in [7, 11) is 7.30. The summed E-state index contributed by atoms with van der Waals surface area (Å²) in [5, 5.41) is 18.9. The maximum atomic E-state index is 12.4. The Bertz CT molecular complexity index is 1880. The van der Waals surface area contributed by atoms with Crippen LogP contribution in [0.25, 0.3) is 0 Å². The van der Waals surface area contributed by atoms with Crippen LogP contribution >= 0.6 is 11.3 Å². The molecule has 0 radical (unpaired) electrons. The van der Waals surface area contributed by atoms with Crippen LogP contribution in [0.2, 0.25) is 0 Å². The van der Waals surface area contributed by atoms with E-state index in [4.69, 9.17) is 13.4 Å². The number of likely N-dealkylation sites (N-methyl/N-ethyl adjacent to an activating group) is 4. The van der Waals surface area contributed by atoms with Gasteiger partial charge in [0.25, 0.3) is 5.95 Å². The molecule has 66 heavy (non-hydrogen) atoms. The van der Waals surface area contributed by atoms with E-state index >= 15 is 0 Å². The number of aryl methyl sites for hydroxylation is 1. The Hall–Kier alpha value is -5.02. The van der Waals surface area contributed by atoms with E-state index in [0.717, 1.165) is 82.2 Å². The van der Waals surface area contributed by atoms with Gasteiger partial charge in [0.05, 0.1) is 36.6 Å². The van der Waals surface area contributed by atoms with Crippen LogP contribution in [0.5, 0.6) is 0 Å². The molecular weight excluding hydrogens is 865 g/mol. The van der Waals surface area contributed by atoms with Crippen LogP contribution in [-0.2, 0) is 25.6 Å². The molecule has 4 aromatic rings. The van der Waals surface area contributed by atoms with Gasteiger partial charge in [-0.3, -0.25) is 38.8 Å². The van der Waals surface area contributed by atoms with E-state index in [1.54, 1.807) is 33.4 Å². The average Bonchev–Trinajstić information content (AvgIpc) is 4.16. The number of anilines is 4. The van der Waals surface area contributed by atoms with Gasteiger partial charge < -0.3 is 34.6 Å². The van der Waals surface area contributed by atoms with Gasteiger partial charge in [-0.1, -0.05) is 6.92 Å². The molecule has 4 saturated heterocycles. The molecule has 0 aromatic carbocycles. The predicted octanol–water partition coefficient (Wildman–Crippen LogP) is 5.70. The summed E-state index contributed by atoms with van der Waals surface area (Å²) in [4.78, 5) is 68.8. The highest BCUT2D eigenvalue weighted by Gasteiger charge is 2.36. The van der Waals surface area contributed by atoms with Gasteiger partial charge in [-0.05, 0) is 144 Å². The molecule has 4 amide bonds. The van der Waals surface area contributed by atoms with Gasteiger partial charge in [-0.15, -0.1) is 11.3 Å². The minimum Gasteiger partial charge on any atom is -0.448 e. The maximum absolute atomic E-state index is 12.4. The van der Waals surface area contributed by atoms with Gasteiger partial charge in [0, 0.05) is 48.2 Å². The van der Waals surface area contributed by atoms with Crippen LogP contribution in [-0.4, -0.2) is 120 Å². The topological polar surface area (TPSA) is 220 Å². The van der Waals surface area contributed by atoms with Gasteiger partial charge >= 0.3 is 6.01 Å². The zero-order valence-corrected chi connectivity index (χ0v) is 41.0. The number of nitrogens with one attached hydrogen (secondary N) is 4. The Morgan fingerprint density at radius 1 is 0.606 bits per heavy atom. The molecule has 8 atom stereocenters. The second-order valence-corrected chi connectivity index (χ2v) is 18.1. The van der Waals surface area contributed by atoms with E-state index in [9.17, 15) is 19.2 Å². The van der Waals surface area contributed by atoms with Gasteiger partial charge in [-0.25, -0.2) is 9.97 Å². The van der Waals surface area contributed by atoms with Crippen LogP contribution < -0.4 is 40.9 Å². The molecule has 4 aliphatic heterocycles. The molecule has 0 saturated carbocycles. The number of carbonyl (C=O) groups excluding carboxylic acids is 4. The number of carbonyl (C=O) groups is 4. The Balaban J connectivity index is 0.000000165. The van der Waals surface area contributed by atoms with Crippen molar-refractivity contribution in [2.45, 2.75) is 166 Å². The lowest BCUT2D eigenvalue weighted by Crippen LogP contribution is -2.47. The first-order valence-electron chi connectivity index (χ1n) is 23.5. The minimum absolute atomic E-state index is 0.0333. The fourth-order valence-corrected chi connectivity index (χ4v) is 9.59. The number of oxazole rings is 1. The van der Waals surface area contributed by atoms with Gasteiger partial charge in [0.15, 0.2) is 5.13 Å². The largest absolute Gasteiger partial charge is 0.448 e. The second kappa shape index (κ2) is 25.8. The van der Waals surface area contributed by atoms with Crippen molar-refractivity contribution in [3.8, 4) is 0 Å². The number of aromatic nitrogens is 4. The molecule has 4 N–H and O–H groups in total. The molecule has 4 fully saturated rings. The molecule has 8 heterocycles. The van der Waals surface area contributed by atoms with Crippen molar-refractivity contribution in [1.29, 1.82) is 0 Å². The van der Waals surface area contributed by atoms with Crippen LogP contribution in [0.1, 0.15) is 118 Å². The van der Waals surface area contributed by atoms with Crippen molar-refractivity contribution in [1.82, 2.24) is 41.4 Å². The molecule has 8 rings (SSSR count). The number of nitrogens with zero attached hydrogens (tertiary/aromatic N) is 8. The van der Waals surface area contributed by atoms with Gasteiger partial charge in [-0.2, -0.15) is 4.98 Å². The Morgan fingerprint density at radius 3 is 1.53 bits per heavy atom. The van der Waals surface area contributed by atoms with Crippen molar-refractivity contribution in [3.05, 3.63) is 48.3 Å². The number of rotatable bonds is 9. The lowest BCUT2D eigenvalue weighted by Gasteiger charge is -2.26. The van der Waals surface area contributed by atoms with E-state index in [1.165, 1.54) is 17.6 Å². The highest BCUT2D eigenvalue weighted by Crippen LogP contribution is 2.28. The standard InChI is InChI=1S/C12H20N4O2.C12H18N2O2.C11H17N3O2.C11H17N3OS/c1-4-10-14-12(15-18-10)16-8(2)6-5-7-9(13-3)11(16)17;1-9-5-3-6-10(13-2)12(15)14(9)11-7-4-8-16-11;2*1-8-4-3-5-9(12-2)10(15)14(8)11-13-6-7-16-11/h8-9,13H,4-7H2,1-3H3;4,7-10,13H,3,5-6H2,1-2H3;2*6-9,12H,3-5H2,1-2H3. The van der Waals surface area contributed by atoms with Crippen molar-refractivity contribution in [3.63, 3.8) is 0 Å². The van der Waals surface area contributed by atoms with E-state index < -0.39 is 0 Å². The summed E-state index contributed by atoms with van der Waals surface area (Å²) in [6, 6.07) is 4.33. The number of hydrogen-bond acceptors (Lipinski definition) is 16. The SMILES string of the molecule is CCc1nc(N2C(=O)C(NC)CCCC2C)no1.CNC1CCCC(C)N(c2ccco2)C1=O.CNC1CCCC(C)N(c2ncco2)C1=O.CNC1CCCC(C)N(c2nccs2)C1=O. The lowest BCUT2D eigenvalue weighted by molar-refractivity contribution is -0.121. The predicted molar refractivity (Wildman–Crippen MR) is 256 cm³/mol. The molecule has 0 aliphatic carbocycles. The fourth-order valence-electron chi connectivity index (χ4n) is 8.84. The zero-order valence-electron chi connectivity index (χ0n) is 40.2. The fraction of sp³-hybridized carbons (Fsp3) is 0.652. The number of furan rings is 1. The molecule has 4 aromatic heterocycles. The minimum atomic E-state index is -0.154. The molecule has 0 spiro atoms. The number of thiazole rings is 1. The van der Waals surface area contributed by atoms with Gasteiger partial charge in [0.2, 0.25) is 35.4 Å². The average molecular weight is 937 g/mol. The second-order valence-electron chi connectivity index (χ2n) is 17.2. The van der Waals surface area contributed by atoms with Crippen molar-refractivity contribution < 1.29 is 32.5 Å². The zero-order chi connectivity index (χ0) is 47.8. The third-order valence-corrected chi connectivity index (χ3v) is 13.5. The third kappa shape index (κ3) is 13.1. The summed E-state index contributed by atoms with van der Waals surface area (Å²) < 4.78 is 15.7. The highest BCUT2D eigenvalue weighted by atomic mass is 32.1. The van der Waals surface area contributed by atoms with Gasteiger partial charge in [0.1, 0.15) is 6.26 Å². The summed E-state index contributed by atoms with van der Waals surface area (Å²) in [5.74, 6) is 1.97. The highest BCUT2D eigenvalue weighted by molar-refractivity contribution is 7.13. The van der Waals surface area contributed by atoms with E-state index in [-0.39, 0.29) is 72.0 Å². The van der Waals surface area contributed by atoms with Crippen LogP contribution in [0.3, 0.4) is 0 Å². The molecule has 0 bridgehead atoms. The monoisotopic (exact) mass is 937 g/mol. The van der Waals surface area contributed by atoms with Crippen LogP contribution in [0.4, 0.5) is 23.0 Å². The first-order chi connectivity index (χ1) is 31.9. The maximum Gasteiger partial charge on any atom is 0.304 e. The van der Waals surface area contributed by atoms with E-state index in [1.807, 2.05) is 71.4 Å². The molecule has 4 aliphatic rings. The smallest absolute Gasteiger partial charge is 0.304 e. The first kappa shape index (κ1) is 52.0. The van der Waals surface area contributed by atoms with Crippen LogP contribution in [0.15, 0.2) is 55.8 Å². The normalized spacial score (nSPS) is 26.4.